The van der Waals surface area contributed by atoms with Crippen LogP contribution in [0.2, 0.25) is 0 Å². The SMILES string of the molecule is C=CC=CC=CC(C)C(C)(CC)NC. The Morgan fingerprint density at radius 2 is 2.00 bits per heavy atom. The van der Waals surface area contributed by atoms with E-state index in [1.807, 2.05) is 19.2 Å². The lowest BCUT2D eigenvalue weighted by molar-refractivity contribution is 0.295. The molecule has 0 aliphatic rings. The molecule has 0 bridgehead atoms. The summed E-state index contributed by atoms with van der Waals surface area (Å²) >= 11 is 0. The number of rotatable bonds is 6. The highest BCUT2D eigenvalue weighted by Gasteiger charge is 2.24. The van der Waals surface area contributed by atoms with E-state index in [1.54, 1.807) is 6.08 Å². The third kappa shape index (κ3) is 3.93. The molecule has 1 nitrogen and oxygen atoms in total. The fourth-order valence-electron chi connectivity index (χ4n) is 1.31. The molecule has 2 unspecified atom stereocenters. The lowest BCUT2D eigenvalue weighted by Crippen LogP contribution is -2.44. The van der Waals surface area contributed by atoms with Crippen LogP contribution in [0.1, 0.15) is 27.2 Å². The third-order valence-electron chi connectivity index (χ3n) is 3.07. The fourth-order valence-corrected chi connectivity index (χ4v) is 1.31. The van der Waals surface area contributed by atoms with Crippen molar-refractivity contribution in [2.45, 2.75) is 32.7 Å². The van der Waals surface area contributed by atoms with Crippen molar-refractivity contribution in [1.29, 1.82) is 0 Å². The molecule has 0 aliphatic heterocycles. The van der Waals surface area contributed by atoms with Crippen molar-refractivity contribution in [1.82, 2.24) is 5.32 Å². The second-order valence-corrected chi connectivity index (χ2v) is 3.82. The Labute approximate surface area is 88.6 Å². The predicted molar refractivity (Wildman–Crippen MR) is 65.4 cm³/mol. The van der Waals surface area contributed by atoms with Crippen molar-refractivity contribution in [3.8, 4) is 0 Å². The minimum atomic E-state index is 0.193. The molecule has 0 aliphatic carbocycles. The first-order chi connectivity index (χ1) is 6.60. The van der Waals surface area contributed by atoms with Crippen LogP contribution in [0.5, 0.6) is 0 Å². The second-order valence-electron chi connectivity index (χ2n) is 3.82. The van der Waals surface area contributed by atoms with E-state index in [1.165, 1.54) is 0 Å². The van der Waals surface area contributed by atoms with Gasteiger partial charge >= 0.3 is 0 Å². The van der Waals surface area contributed by atoms with E-state index in [-0.39, 0.29) is 5.54 Å². The Morgan fingerprint density at radius 1 is 1.36 bits per heavy atom. The molecule has 0 aromatic carbocycles. The lowest BCUT2D eigenvalue weighted by Gasteiger charge is -2.32. The van der Waals surface area contributed by atoms with Gasteiger partial charge in [-0.2, -0.15) is 0 Å². The van der Waals surface area contributed by atoms with Crippen molar-refractivity contribution in [2.75, 3.05) is 7.05 Å². The molecule has 0 saturated heterocycles. The summed E-state index contributed by atoms with van der Waals surface area (Å²) in [4.78, 5) is 0. The topological polar surface area (TPSA) is 12.0 Å². The quantitative estimate of drug-likeness (QED) is 0.638. The summed E-state index contributed by atoms with van der Waals surface area (Å²) in [5.74, 6) is 0.520. The number of nitrogens with one attached hydrogen (secondary N) is 1. The van der Waals surface area contributed by atoms with Gasteiger partial charge in [0.15, 0.2) is 0 Å². The molecular formula is C13H23N. The first kappa shape index (κ1) is 13.2. The van der Waals surface area contributed by atoms with Crippen LogP contribution in [0.4, 0.5) is 0 Å². The molecule has 1 heteroatoms. The Hall–Kier alpha value is -0.820. The molecule has 0 aromatic rings. The van der Waals surface area contributed by atoms with Crippen molar-refractivity contribution in [3.05, 3.63) is 37.0 Å². The Morgan fingerprint density at radius 3 is 2.43 bits per heavy atom. The molecule has 0 heterocycles. The van der Waals surface area contributed by atoms with E-state index in [2.05, 4.69) is 44.8 Å². The van der Waals surface area contributed by atoms with Crippen molar-refractivity contribution in [3.63, 3.8) is 0 Å². The first-order valence-electron chi connectivity index (χ1n) is 5.25. The van der Waals surface area contributed by atoms with Crippen LogP contribution >= 0.6 is 0 Å². The summed E-state index contributed by atoms with van der Waals surface area (Å²) in [6.45, 7) is 10.3. The molecule has 1 N–H and O–H groups in total. The molecule has 0 saturated carbocycles. The lowest BCUT2D eigenvalue weighted by atomic mass is 9.84. The van der Waals surface area contributed by atoms with Crippen LogP contribution in [0.25, 0.3) is 0 Å². The number of hydrogen-bond donors (Lipinski definition) is 1. The van der Waals surface area contributed by atoms with Gasteiger partial charge in [-0.05, 0) is 26.3 Å². The molecular weight excluding hydrogens is 170 g/mol. The molecule has 2 atom stereocenters. The number of allylic oxidation sites excluding steroid dienone is 4. The van der Waals surface area contributed by atoms with E-state index in [9.17, 15) is 0 Å². The van der Waals surface area contributed by atoms with E-state index in [0.717, 1.165) is 6.42 Å². The van der Waals surface area contributed by atoms with E-state index in [4.69, 9.17) is 0 Å². The first-order valence-corrected chi connectivity index (χ1v) is 5.25. The van der Waals surface area contributed by atoms with Gasteiger partial charge in [0.2, 0.25) is 0 Å². The maximum Gasteiger partial charge on any atom is 0.0207 e. The van der Waals surface area contributed by atoms with Crippen LogP contribution in [0.3, 0.4) is 0 Å². The van der Waals surface area contributed by atoms with Gasteiger partial charge in [-0.25, -0.2) is 0 Å². The van der Waals surface area contributed by atoms with E-state index < -0.39 is 0 Å². The van der Waals surface area contributed by atoms with Gasteiger partial charge in [0.25, 0.3) is 0 Å². The second kappa shape index (κ2) is 6.61. The van der Waals surface area contributed by atoms with Gasteiger partial charge in [0, 0.05) is 5.54 Å². The normalized spacial score (nSPS) is 18.6. The molecule has 0 aromatic heterocycles. The highest BCUT2D eigenvalue weighted by Crippen LogP contribution is 2.21. The Bertz CT molecular complexity index is 209. The Kier molecular flexibility index (Phi) is 6.22. The smallest absolute Gasteiger partial charge is 0.0207 e. The molecule has 0 fully saturated rings. The van der Waals surface area contributed by atoms with Crippen LogP contribution in [0, 0.1) is 5.92 Å². The molecule has 0 spiro atoms. The zero-order chi connectivity index (χ0) is 11.0. The maximum atomic E-state index is 3.63. The van der Waals surface area contributed by atoms with Gasteiger partial charge in [0.05, 0.1) is 0 Å². The minimum absolute atomic E-state index is 0.193. The van der Waals surface area contributed by atoms with Gasteiger partial charge in [-0.15, -0.1) is 0 Å². The van der Waals surface area contributed by atoms with E-state index in [0.29, 0.717) is 5.92 Å². The predicted octanol–water partition coefficient (Wildman–Crippen LogP) is 3.31. The molecule has 80 valence electrons. The minimum Gasteiger partial charge on any atom is -0.314 e. The van der Waals surface area contributed by atoms with Gasteiger partial charge < -0.3 is 5.32 Å². The average Bonchev–Trinajstić information content (AvgIpc) is 2.22. The summed E-state index contributed by atoms with van der Waals surface area (Å²) < 4.78 is 0. The fraction of sp³-hybridized carbons (Fsp3) is 0.538. The highest BCUT2D eigenvalue weighted by atomic mass is 14.9. The van der Waals surface area contributed by atoms with Gasteiger partial charge in [-0.3, -0.25) is 0 Å². The summed E-state index contributed by atoms with van der Waals surface area (Å²) in [5.41, 5.74) is 0.193. The van der Waals surface area contributed by atoms with Crippen LogP contribution < -0.4 is 5.32 Å². The van der Waals surface area contributed by atoms with E-state index >= 15 is 0 Å². The molecule has 0 amide bonds. The van der Waals surface area contributed by atoms with Crippen LogP contribution in [0.15, 0.2) is 37.0 Å². The Balaban J connectivity index is 4.30. The zero-order valence-electron chi connectivity index (χ0n) is 9.88. The molecule has 0 radical (unpaired) electrons. The van der Waals surface area contributed by atoms with Crippen LogP contribution in [-0.2, 0) is 0 Å². The van der Waals surface area contributed by atoms with Crippen molar-refractivity contribution < 1.29 is 0 Å². The van der Waals surface area contributed by atoms with Crippen molar-refractivity contribution >= 4 is 0 Å². The zero-order valence-corrected chi connectivity index (χ0v) is 9.88. The average molecular weight is 193 g/mol. The maximum absolute atomic E-state index is 3.63. The summed E-state index contributed by atoms with van der Waals surface area (Å²) in [6.07, 6.45) is 11.2. The van der Waals surface area contributed by atoms with Gasteiger partial charge in [0.1, 0.15) is 0 Å². The summed E-state index contributed by atoms with van der Waals surface area (Å²) in [7, 11) is 2.02. The molecule has 14 heavy (non-hydrogen) atoms. The largest absolute Gasteiger partial charge is 0.314 e. The summed E-state index contributed by atoms with van der Waals surface area (Å²) in [6, 6.07) is 0. The third-order valence-corrected chi connectivity index (χ3v) is 3.07. The van der Waals surface area contributed by atoms with Crippen molar-refractivity contribution in [2.24, 2.45) is 5.92 Å². The standard InChI is InChI=1S/C13H23N/c1-6-8-9-10-11-12(3)13(4,7-2)14-5/h6,8-12,14H,1,7H2,2-5H3. The number of hydrogen-bond acceptors (Lipinski definition) is 1. The summed E-state index contributed by atoms with van der Waals surface area (Å²) in [5, 5.41) is 3.37. The molecule has 0 rings (SSSR count). The monoisotopic (exact) mass is 193 g/mol. The van der Waals surface area contributed by atoms with Crippen LogP contribution in [-0.4, -0.2) is 12.6 Å². The van der Waals surface area contributed by atoms with Gasteiger partial charge in [-0.1, -0.05) is 50.8 Å². The highest BCUT2D eigenvalue weighted by molar-refractivity contribution is 5.11.